The van der Waals surface area contributed by atoms with Crippen molar-refractivity contribution in [2.24, 2.45) is 0 Å². The van der Waals surface area contributed by atoms with Gasteiger partial charge in [-0.3, -0.25) is 9.59 Å². The van der Waals surface area contributed by atoms with Gasteiger partial charge in [-0.15, -0.1) is 0 Å². The number of ether oxygens (including phenoxy) is 1. The first kappa shape index (κ1) is 19.5. The smallest absolute Gasteiger partial charge is 0.257 e. The maximum absolute atomic E-state index is 12.6. The van der Waals surface area contributed by atoms with Gasteiger partial charge in [0, 0.05) is 32.7 Å². The molecule has 0 aromatic carbocycles. The van der Waals surface area contributed by atoms with Gasteiger partial charge in [-0.1, -0.05) is 26.2 Å². The van der Waals surface area contributed by atoms with Crippen LogP contribution in [0.15, 0.2) is 23.0 Å². The van der Waals surface area contributed by atoms with Crippen molar-refractivity contribution in [1.29, 1.82) is 0 Å². The molecule has 2 heterocycles. The second-order valence-electron chi connectivity index (χ2n) is 6.56. The van der Waals surface area contributed by atoms with Crippen molar-refractivity contribution in [3.8, 4) is 0 Å². The molecule has 1 N–H and O–H groups in total. The van der Waals surface area contributed by atoms with Gasteiger partial charge in [-0.2, -0.15) is 0 Å². The Kier molecular flexibility index (Phi) is 8.52. The van der Waals surface area contributed by atoms with Gasteiger partial charge in [-0.05, 0) is 25.3 Å². The quantitative estimate of drug-likeness (QED) is 0.623. The summed E-state index contributed by atoms with van der Waals surface area (Å²) >= 11 is 0. The minimum absolute atomic E-state index is 0.00571. The summed E-state index contributed by atoms with van der Waals surface area (Å²) in [4.78, 5) is 26.4. The van der Waals surface area contributed by atoms with Crippen molar-refractivity contribution in [2.75, 3.05) is 26.2 Å². The molecule has 0 aliphatic carbocycles. The molecule has 1 fully saturated rings. The Morgan fingerprint density at radius 3 is 2.88 bits per heavy atom. The van der Waals surface area contributed by atoms with Crippen LogP contribution in [0.3, 0.4) is 0 Å². The summed E-state index contributed by atoms with van der Waals surface area (Å²) in [5, 5.41) is 2.94. The number of furan rings is 1. The van der Waals surface area contributed by atoms with E-state index in [-0.39, 0.29) is 17.9 Å². The number of nitrogens with zero attached hydrogens (tertiary/aromatic N) is 1. The minimum Gasteiger partial charge on any atom is -0.472 e. The van der Waals surface area contributed by atoms with Crippen molar-refractivity contribution in [3.63, 3.8) is 0 Å². The lowest BCUT2D eigenvalue weighted by Gasteiger charge is -2.25. The molecule has 1 saturated heterocycles. The van der Waals surface area contributed by atoms with E-state index in [4.69, 9.17) is 9.15 Å². The van der Waals surface area contributed by atoms with Gasteiger partial charge in [0.05, 0.1) is 17.9 Å². The summed E-state index contributed by atoms with van der Waals surface area (Å²) in [5.41, 5.74) is 0.512. The molecule has 6 heteroatoms. The van der Waals surface area contributed by atoms with Crippen LogP contribution in [0.5, 0.6) is 0 Å². The Morgan fingerprint density at radius 1 is 1.32 bits per heavy atom. The fraction of sp³-hybridized carbons (Fsp3) is 0.684. The van der Waals surface area contributed by atoms with Crippen molar-refractivity contribution in [2.45, 2.75) is 58.0 Å². The lowest BCUT2D eigenvalue weighted by Crippen LogP contribution is -2.40. The fourth-order valence-corrected chi connectivity index (χ4v) is 2.98. The predicted molar refractivity (Wildman–Crippen MR) is 95.4 cm³/mol. The number of nitrogens with one attached hydrogen (secondary N) is 1. The highest BCUT2D eigenvalue weighted by Crippen LogP contribution is 2.15. The molecule has 1 aliphatic rings. The van der Waals surface area contributed by atoms with Gasteiger partial charge < -0.3 is 19.4 Å². The van der Waals surface area contributed by atoms with E-state index in [1.807, 2.05) is 0 Å². The number of hydrogen-bond acceptors (Lipinski definition) is 4. The molecule has 1 aromatic rings. The van der Waals surface area contributed by atoms with Crippen molar-refractivity contribution >= 4 is 11.8 Å². The second kappa shape index (κ2) is 10.9. The van der Waals surface area contributed by atoms with E-state index in [1.54, 1.807) is 11.0 Å². The summed E-state index contributed by atoms with van der Waals surface area (Å²) < 4.78 is 10.7. The number of rotatable bonds is 11. The highest BCUT2D eigenvalue weighted by molar-refractivity contribution is 5.94. The largest absolute Gasteiger partial charge is 0.472 e. The number of carbonyl (C=O) groups excluding carboxylic acids is 2. The lowest BCUT2D eigenvalue weighted by atomic mass is 10.2. The molecule has 0 radical (unpaired) electrons. The molecule has 0 bridgehead atoms. The maximum Gasteiger partial charge on any atom is 0.257 e. The third-order valence-electron chi connectivity index (χ3n) is 4.46. The van der Waals surface area contributed by atoms with Gasteiger partial charge in [0.1, 0.15) is 6.26 Å². The molecule has 1 aromatic heterocycles. The third kappa shape index (κ3) is 6.90. The molecule has 0 spiro atoms. The standard InChI is InChI=1S/C19H30N2O4/c1-2-3-4-5-10-20-18(22)8-11-21(14-17-7-6-12-25-17)19(23)16-9-13-24-15-16/h9,13,15,17H,2-8,10-12,14H2,1H3,(H,20,22)/t17-/m0/s1. The average molecular weight is 350 g/mol. The van der Waals surface area contributed by atoms with Crippen LogP contribution in [-0.4, -0.2) is 49.1 Å². The van der Waals surface area contributed by atoms with Crippen LogP contribution in [0.4, 0.5) is 0 Å². The van der Waals surface area contributed by atoms with E-state index in [0.29, 0.717) is 31.6 Å². The molecule has 1 aliphatic heterocycles. The zero-order valence-corrected chi connectivity index (χ0v) is 15.2. The van der Waals surface area contributed by atoms with Gasteiger partial charge in [0.25, 0.3) is 5.91 Å². The van der Waals surface area contributed by atoms with Gasteiger partial charge in [0.2, 0.25) is 5.91 Å². The van der Waals surface area contributed by atoms with Crippen LogP contribution >= 0.6 is 0 Å². The molecule has 0 saturated carbocycles. The van der Waals surface area contributed by atoms with E-state index in [2.05, 4.69) is 12.2 Å². The Morgan fingerprint density at radius 2 is 2.20 bits per heavy atom. The van der Waals surface area contributed by atoms with Crippen LogP contribution in [0.1, 0.15) is 62.2 Å². The Hall–Kier alpha value is -1.82. The molecule has 6 nitrogen and oxygen atoms in total. The second-order valence-corrected chi connectivity index (χ2v) is 6.56. The first-order valence-corrected chi connectivity index (χ1v) is 9.40. The fourth-order valence-electron chi connectivity index (χ4n) is 2.98. The molecular formula is C19H30N2O4. The molecule has 1 atom stereocenters. The van der Waals surface area contributed by atoms with Gasteiger partial charge >= 0.3 is 0 Å². The van der Waals surface area contributed by atoms with Gasteiger partial charge in [0.15, 0.2) is 0 Å². The Labute approximate surface area is 149 Å². The summed E-state index contributed by atoms with van der Waals surface area (Å²) in [6, 6.07) is 1.65. The van der Waals surface area contributed by atoms with Crippen molar-refractivity contribution < 1.29 is 18.7 Å². The van der Waals surface area contributed by atoms with Gasteiger partial charge in [-0.25, -0.2) is 0 Å². The number of hydrogen-bond donors (Lipinski definition) is 1. The summed E-state index contributed by atoms with van der Waals surface area (Å²) in [7, 11) is 0. The third-order valence-corrected chi connectivity index (χ3v) is 4.46. The molecule has 0 unspecified atom stereocenters. The summed E-state index contributed by atoms with van der Waals surface area (Å²) in [6.07, 6.45) is 9.81. The van der Waals surface area contributed by atoms with Crippen LogP contribution in [0.25, 0.3) is 0 Å². The minimum atomic E-state index is -0.111. The van der Waals surface area contributed by atoms with Crippen molar-refractivity contribution in [1.82, 2.24) is 10.2 Å². The van der Waals surface area contributed by atoms with E-state index in [0.717, 1.165) is 32.3 Å². The van der Waals surface area contributed by atoms with Crippen LogP contribution in [-0.2, 0) is 9.53 Å². The van der Waals surface area contributed by atoms with E-state index in [9.17, 15) is 9.59 Å². The molecule has 25 heavy (non-hydrogen) atoms. The first-order valence-electron chi connectivity index (χ1n) is 9.40. The normalized spacial score (nSPS) is 16.8. The molecule has 2 amide bonds. The van der Waals surface area contributed by atoms with Crippen molar-refractivity contribution in [3.05, 3.63) is 24.2 Å². The molecular weight excluding hydrogens is 320 g/mol. The highest BCUT2D eigenvalue weighted by atomic mass is 16.5. The van der Waals surface area contributed by atoms with Crippen LogP contribution in [0, 0.1) is 0 Å². The monoisotopic (exact) mass is 350 g/mol. The predicted octanol–water partition coefficient (Wildman–Crippen LogP) is 2.99. The van der Waals surface area contributed by atoms with E-state index in [1.165, 1.54) is 25.4 Å². The van der Waals surface area contributed by atoms with E-state index < -0.39 is 0 Å². The summed E-state index contributed by atoms with van der Waals surface area (Å²) in [5.74, 6) is -0.117. The van der Waals surface area contributed by atoms with Crippen LogP contribution in [0.2, 0.25) is 0 Å². The Balaban J connectivity index is 1.79. The number of unbranched alkanes of at least 4 members (excludes halogenated alkanes) is 3. The van der Waals surface area contributed by atoms with E-state index >= 15 is 0 Å². The number of amides is 2. The average Bonchev–Trinajstić information content (AvgIpc) is 3.31. The molecule has 140 valence electrons. The maximum atomic E-state index is 12.6. The zero-order chi connectivity index (χ0) is 17.9. The lowest BCUT2D eigenvalue weighted by molar-refractivity contribution is -0.121. The zero-order valence-electron chi connectivity index (χ0n) is 15.2. The Bertz CT molecular complexity index is 510. The highest BCUT2D eigenvalue weighted by Gasteiger charge is 2.24. The molecule has 2 rings (SSSR count). The van der Waals surface area contributed by atoms with Crippen LogP contribution < -0.4 is 5.32 Å². The number of carbonyl (C=O) groups is 2. The summed E-state index contributed by atoms with van der Waals surface area (Å²) in [6.45, 7) is 4.54. The SMILES string of the molecule is CCCCCCNC(=O)CCN(C[C@@H]1CCCO1)C(=O)c1ccoc1. The topological polar surface area (TPSA) is 71.8 Å². The first-order chi connectivity index (χ1) is 12.2.